The number of nitrogens with zero attached hydrogens (tertiary/aromatic N) is 1. The minimum absolute atomic E-state index is 0.317. The van der Waals surface area contributed by atoms with Crippen LogP contribution in [0.25, 0.3) is 0 Å². The molecule has 0 bridgehead atoms. The lowest BCUT2D eigenvalue weighted by Crippen LogP contribution is -2.12. The van der Waals surface area contributed by atoms with E-state index < -0.39 is 5.91 Å². The predicted octanol–water partition coefficient (Wildman–Crippen LogP) is 2.39. The number of amides is 1. The zero-order valence-corrected chi connectivity index (χ0v) is 8.38. The maximum absolute atomic E-state index is 10.9. The quantitative estimate of drug-likeness (QED) is 0.468. The number of anilines is 1. The third-order valence-corrected chi connectivity index (χ3v) is 1.91. The number of hydrogen-bond acceptors (Lipinski definition) is 3. The van der Waals surface area contributed by atoms with Gasteiger partial charge in [-0.25, -0.2) is 0 Å². The lowest BCUT2D eigenvalue weighted by Gasteiger charge is -2.03. The summed E-state index contributed by atoms with van der Waals surface area (Å²) in [7, 11) is 0. The van der Waals surface area contributed by atoms with Gasteiger partial charge in [0.25, 0.3) is 5.91 Å². The molecule has 0 spiro atoms. The van der Waals surface area contributed by atoms with E-state index in [1.54, 1.807) is 12.1 Å². The lowest BCUT2D eigenvalue weighted by atomic mass is 10.3. The smallest absolute Gasteiger partial charge is 0.270 e. The second-order valence-electron chi connectivity index (χ2n) is 2.36. The van der Waals surface area contributed by atoms with Crippen LogP contribution in [0, 0.1) is 0 Å². The molecule has 1 aromatic rings. The monoisotopic (exact) mass is 232 g/mol. The Hall–Kier alpha value is -1.26. The number of benzene rings is 1. The molecule has 0 atom stereocenters. The summed E-state index contributed by atoms with van der Waals surface area (Å²) < 4.78 is 0. The van der Waals surface area contributed by atoms with E-state index in [4.69, 9.17) is 28.4 Å². The van der Waals surface area contributed by atoms with Gasteiger partial charge in [0, 0.05) is 5.02 Å². The first-order valence-electron chi connectivity index (χ1n) is 3.57. The molecule has 0 heterocycles. The van der Waals surface area contributed by atoms with E-state index in [-0.39, 0.29) is 0 Å². The molecular weight excluding hydrogens is 227 g/mol. The number of carbonyl (C=O) groups excluding carboxylic acids is 1. The molecule has 4 nitrogen and oxygen atoms in total. The minimum Gasteiger partial charge on any atom is -0.411 e. The second-order valence-corrected chi connectivity index (χ2v) is 3.20. The van der Waals surface area contributed by atoms with Crippen LogP contribution in [0.2, 0.25) is 10.0 Å². The Bertz CT molecular complexity index is 380. The van der Waals surface area contributed by atoms with E-state index in [1.807, 2.05) is 0 Å². The van der Waals surface area contributed by atoms with Crippen molar-refractivity contribution in [2.75, 3.05) is 5.32 Å². The second kappa shape index (κ2) is 4.83. The highest BCUT2D eigenvalue weighted by Gasteiger charge is 2.03. The summed E-state index contributed by atoms with van der Waals surface area (Å²) in [5.41, 5.74) is 0.404. The van der Waals surface area contributed by atoms with Crippen molar-refractivity contribution in [1.29, 1.82) is 0 Å². The van der Waals surface area contributed by atoms with E-state index >= 15 is 0 Å². The van der Waals surface area contributed by atoms with Crippen LogP contribution in [0.5, 0.6) is 0 Å². The highest BCUT2D eigenvalue weighted by Crippen LogP contribution is 2.24. The highest BCUT2D eigenvalue weighted by molar-refractivity contribution is 6.38. The van der Waals surface area contributed by atoms with Gasteiger partial charge in [-0.3, -0.25) is 4.79 Å². The maximum atomic E-state index is 10.9. The molecule has 0 aromatic heterocycles. The van der Waals surface area contributed by atoms with Crippen molar-refractivity contribution >= 4 is 41.0 Å². The van der Waals surface area contributed by atoms with Crippen LogP contribution < -0.4 is 5.32 Å². The van der Waals surface area contributed by atoms with Gasteiger partial charge < -0.3 is 10.5 Å². The van der Waals surface area contributed by atoms with Crippen LogP contribution in [0.3, 0.4) is 0 Å². The lowest BCUT2D eigenvalue weighted by molar-refractivity contribution is -0.110. The van der Waals surface area contributed by atoms with Crippen molar-refractivity contribution < 1.29 is 10.0 Å². The van der Waals surface area contributed by atoms with E-state index in [0.29, 0.717) is 15.7 Å². The Kier molecular flexibility index (Phi) is 3.73. The van der Waals surface area contributed by atoms with Crippen molar-refractivity contribution in [3.63, 3.8) is 0 Å². The van der Waals surface area contributed by atoms with Crippen molar-refractivity contribution in [1.82, 2.24) is 0 Å². The Morgan fingerprint density at radius 2 is 2.21 bits per heavy atom. The number of hydrogen-bond donors (Lipinski definition) is 2. The molecule has 1 rings (SSSR count). The molecule has 0 aliphatic rings. The van der Waals surface area contributed by atoms with Gasteiger partial charge in [0.15, 0.2) is 0 Å². The molecule has 0 aliphatic heterocycles. The fourth-order valence-electron chi connectivity index (χ4n) is 0.808. The van der Waals surface area contributed by atoms with Gasteiger partial charge in [0.05, 0.1) is 10.7 Å². The minimum atomic E-state index is -0.572. The van der Waals surface area contributed by atoms with Crippen LogP contribution in [0.15, 0.2) is 23.4 Å². The van der Waals surface area contributed by atoms with Gasteiger partial charge in [0.2, 0.25) is 0 Å². The number of nitrogens with one attached hydrogen (secondary N) is 1. The van der Waals surface area contributed by atoms with Crippen molar-refractivity contribution in [3.8, 4) is 0 Å². The van der Waals surface area contributed by atoms with E-state index in [0.717, 1.165) is 6.21 Å². The van der Waals surface area contributed by atoms with E-state index in [2.05, 4.69) is 10.5 Å². The number of carbonyl (C=O) groups is 1. The van der Waals surface area contributed by atoms with Crippen molar-refractivity contribution in [2.45, 2.75) is 0 Å². The first kappa shape index (κ1) is 10.8. The normalized spacial score (nSPS) is 10.4. The van der Waals surface area contributed by atoms with Crippen LogP contribution in [-0.4, -0.2) is 17.3 Å². The molecule has 2 N–H and O–H groups in total. The van der Waals surface area contributed by atoms with E-state index in [9.17, 15) is 4.79 Å². The van der Waals surface area contributed by atoms with Crippen LogP contribution in [0.4, 0.5) is 5.69 Å². The fraction of sp³-hybridized carbons (Fsp3) is 0. The largest absolute Gasteiger partial charge is 0.411 e. The molecule has 1 aromatic carbocycles. The Morgan fingerprint density at radius 3 is 2.79 bits per heavy atom. The van der Waals surface area contributed by atoms with Gasteiger partial charge >= 0.3 is 0 Å². The Balaban J connectivity index is 2.82. The topological polar surface area (TPSA) is 61.7 Å². The Morgan fingerprint density at radius 1 is 1.50 bits per heavy atom. The first-order chi connectivity index (χ1) is 6.63. The van der Waals surface area contributed by atoms with Gasteiger partial charge in [-0.2, -0.15) is 0 Å². The summed E-state index contributed by atoms with van der Waals surface area (Å²) in [5, 5.41) is 13.8. The van der Waals surface area contributed by atoms with Gasteiger partial charge in [-0.05, 0) is 18.2 Å². The molecule has 0 unspecified atom stereocenters. The maximum Gasteiger partial charge on any atom is 0.270 e. The molecule has 0 saturated heterocycles. The summed E-state index contributed by atoms with van der Waals surface area (Å²) in [6.07, 6.45) is 0.727. The summed E-state index contributed by atoms with van der Waals surface area (Å²) in [6, 6.07) is 4.63. The molecule has 6 heteroatoms. The molecule has 0 radical (unpaired) electrons. The summed E-state index contributed by atoms with van der Waals surface area (Å²) in [4.78, 5) is 10.9. The first-order valence-corrected chi connectivity index (χ1v) is 4.32. The van der Waals surface area contributed by atoms with Crippen LogP contribution in [-0.2, 0) is 4.79 Å². The Labute approximate surface area is 90.1 Å². The molecular formula is C8H6Cl2N2O2. The molecule has 0 saturated carbocycles. The van der Waals surface area contributed by atoms with Crippen LogP contribution >= 0.6 is 23.2 Å². The third-order valence-electron chi connectivity index (χ3n) is 1.36. The van der Waals surface area contributed by atoms with Gasteiger partial charge in [-0.15, -0.1) is 0 Å². The molecule has 0 aliphatic carbocycles. The van der Waals surface area contributed by atoms with Crippen LogP contribution in [0.1, 0.15) is 0 Å². The summed E-state index contributed by atoms with van der Waals surface area (Å²) in [5.74, 6) is -0.572. The third kappa shape index (κ3) is 2.90. The molecule has 1 amide bonds. The number of oxime groups is 1. The van der Waals surface area contributed by atoms with E-state index in [1.165, 1.54) is 6.07 Å². The highest BCUT2D eigenvalue weighted by atomic mass is 35.5. The SMILES string of the molecule is O=C(/C=N\O)Nc1ccc(Cl)cc1Cl. The number of halogens is 2. The van der Waals surface area contributed by atoms with Gasteiger partial charge in [0.1, 0.15) is 6.21 Å². The van der Waals surface area contributed by atoms with Crippen molar-refractivity contribution in [2.24, 2.45) is 5.16 Å². The fourth-order valence-corrected chi connectivity index (χ4v) is 1.26. The average molecular weight is 233 g/mol. The zero-order valence-electron chi connectivity index (χ0n) is 6.87. The molecule has 14 heavy (non-hydrogen) atoms. The molecule has 74 valence electrons. The number of rotatable bonds is 2. The standard InChI is InChI=1S/C8H6Cl2N2O2/c9-5-1-2-7(6(10)3-5)12-8(13)4-11-14/h1-4,14H,(H,12,13)/b11-4-. The summed E-state index contributed by atoms with van der Waals surface area (Å²) in [6.45, 7) is 0. The predicted molar refractivity (Wildman–Crippen MR) is 55.4 cm³/mol. The summed E-state index contributed by atoms with van der Waals surface area (Å²) >= 11 is 11.4. The molecule has 0 fully saturated rings. The van der Waals surface area contributed by atoms with Crippen molar-refractivity contribution in [3.05, 3.63) is 28.2 Å². The zero-order chi connectivity index (χ0) is 10.6. The average Bonchev–Trinajstić information content (AvgIpc) is 2.10. The van der Waals surface area contributed by atoms with Gasteiger partial charge in [-0.1, -0.05) is 28.4 Å².